The minimum atomic E-state index is 0.833. The monoisotopic (exact) mass is 240 g/mol. The van der Waals surface area contributed by atoms with E-state index in [1.807, 2.05) is 36.4 Å². The molecular formula is C13H14N5+. The van der Waals surface area contributed by atoms with Gasteiger partial charge in [0.25, 0.3) is 0 Å². The maximum Gasteiger partial charge on any atom is 0.367 e. The second-order valence-corrected chi connectivity index (χ2v) is 4.03. The maximum atomic E-state index is 4.50. The van der Waals surface area contributed by atoms with E-state index in [-0.39, 0.29) is 0 Å². The average molecular weight is 240 g/mol. The summed E-state index contributed by atoms with van der Waals surface area (Å²) in [5, 5.41) is 8.40. The molecule has 1 aromatic carbocycles. The number of rotatable bonds is 2. The molecule has 3 N–H and O–H groups in total. The SMILES string of the molecule is C(=N/NC1=[NH+]CCN1)/c1ccc2ccccc2n1. The van der Waals surface area contributed by atoms with Crippen molar-refractivity contribution in [3.8, 4) is 0 Å². The first-order valence-corrected chi connectivity index (χ1v) is 5.91. The van der Waals surface area contributed by atoms with Gasteiger partial charge >= 0.3 is 5.96 Å². The van der Waals surface area contributed by atoms with Crippen molar-refractivity contribution in [1.29, 1.82) is 0 Å². The molecule has 0 aliphatic carbocycles. The third-order valence-corrected chi connectivity index (χ3v) is 2.72. The van der Waals surface area contributed by atoms with Crippen LogP contribution >= 0.6 is 0 Å². The molecule has 1 aliphatic heterocycles. The zero-order valence-electron chi connectivity index (χ0n) is 9.85. The molecule has 1 aliphatic rings. The number of pyridine rings is 1. The van der Waals surface area contributed by atoms with Crippen LogP contribution in [0.4, 0.5) is 0 Å². The van der Waals surface area contributed by atoms with Crippen LogP contribution in [0.2, 0.25) is 0 Å². The van der Waals surface area contributed by atoms with Gasteiger partial charge in [-0.2, -0.15) is 5.43 Å². The molecule has 0 radical (unpaired) electrons. The van der Waals surface area contributed by atoms with Gasteiger partial charge in [-0.25, -0.2) is 4.98 Å². The Labute approximate surface area is 105 Å². The lowest BCUT2D eigenvalue weighted by atomic mass is 10.2. The van der Waals surface area contributed by atoms with Crippen molar-refractivity contribution in [3.05, 3.63) is 42.1 Å². The molecule has 0 fully saturated rings. The lowest BCUT2D eigenvalue weighted by Gasteiger charge is -1.97. The summed E-state index contributed by atoms with van der Waals surface area (Å²) in [4.78, 5) is 7.63. The molecule has 0 amide bonds. The van der Waals surface area contributed by atoms with E-state index in [4.69, 9.17) is 0 Å². The van der Waals surface area contributed by atoms with Crippen LogP contribution in [0.15, 0.2) is 41.5 Å². The van der Waals surface area contributed by atoms with Crippen LogP contribution in [0, 0.1) is 0 Å². The first-order valence-electron chi connectivity index (χ1n) is 5.91. The number of hydrazone groups is 1. The summed E-state index contributed by atoms with van der Waals surface area (Å²) in [6, 6.07) is 12.0. The van der Waals surface area contributed by atoms with Gasteiger partial charge in [0, 0.05) is 5.39 Å². The Bertz CT molecular complexity index is 618. The van der Waals surface area contributed by atoms with Gasteiger partial charge in [-0.15, -0.1) is 5.10 Å². The van der Waals surface area contributed by atoms with Crippen LogP contribution in [0.1, 0.15) is 5.69 Å². The molecule has 90 valence electrons. The zero-order chi connectivity index (χ0) is 12.2. The third-order valence-electron chi connectivity index (χ3n) is 2.72. The summed E-state index contributed by atoms with van der Waals surface area (Å²) in [6.07, 6.45) is 1.71. The van der Waals surface area contributed by atoms with E-state index in [0.717, 1.165) is 35.6 Å². The van der Waals surface area contributed by atoms with Gasteiger partial charge in [-0.1, -0.05) is 24.3 Å². The molecule has 3 rings (SSSR count). The number of nitrogens with zero attached hydrogens (tertiary/aromatic N) is 2. The third kappa shape index (κ3) is 2.29. The first kappa shape index (κ1) is 10.7. The van der Waals surface area contributed by atoms with Gasteiger partial charge in [0.05, 0.1) is 30.5 Å². The Balaban J connectivity index is 1.75. The van der Waals surface area contributed by atoms with E-state index < -0.39 is 0 Å². The fourth-order valence-electron chi connectivity index (χ4n) is 1.83. The van der Waals surface area contributed by atoms with Gasteiger partial charge < -0.3 is 0 Å². The Hall–Kier alpha value is -2.43. The van der Waals surface area contributed by atoms with Crippen LogP contribution in [-0.2, 0) is 0 Å². The van der Waals surface area contributed by atoms with Crippen molar-refractivity contribution in [2.45, 2.75) is 0 Å². The minimum absolute atomic E-state index is 0.833. The van der Waals surface area contributed by atoms with Crippen LogP contribution < -0.4 is 15.7 Å². The number of hydrogen-bond acceptors (Lipinski definition) is 4. The molecular weight excluding hydrogens is 226 g/mol. The van der Waals surface area contributed by atoms with Gasteiger partial charge in [-0.05, 0) is 12.1 Å². The van der Waals surface area contributed by atoms with Crippen LogP contribution in [0.5, 0.6) is 0 Å². The van der Waals surface area contributed by atoms with Crippen molar-refractivity contribution in [2.24, 2.45) is 5.10 Å². The largest absolute Gasteiger partial charge is 0.367 e. The summed E-state index contributed by atoms with van der Waals surface area (Å²) < 4.78 is 0. The molecule has 0 bridgehead atoms. The number of aromatic nitrogens is 1. The fourth-order valence-corrected chi connectivity index (χ4v) is 1.83. The minimum Gasteiger partial charge on any atom is -0.273 e. The summed E-state index contributed by atoms with van der Waals surface area (Å²) in [6.45, 7) is 1.85. The standard InChI is InChI=1S/C13H13N5/c1-2-4-12-10(3-1)5-6-11(17-12)9-16-18-13-14-7-8-15-13/h1-6,9H,7-8H2,(H2,14,15,18)/p+1/b16-9-. The second-order valence-electron chi connectivity index (χ2n) is 4.03. The van der Waals surface area contributed by atoms with E-state index in [0.29, 0.717) is 0 Å². The number of benzene rings is 1. The van der Waals surface area contributed by atoms with Gasteiger partial charge in [0.2, 0.25) is 0 Å². The van der Waals surface area contributed by atoms with E-state index in [2.05, 4.69) is 25.8 Å². The molecule has 1 aromatic heterocycles. The van der Waals surface area contributed by atoms with Crippen LogP contribution in [-0.4, -0.2) is 30.2 Å². The molecule has 2 heterocycles. The Morgan fingerprint density at radius 3 is 3.11 bits per heavy atom. The van der Waals surface area contributed by atoms with Crippen molar-refractivity contribution in [2.75, 3.05) is 13.1 Å². The lowest BCUT2D eigenvalue weighted by Crippen LogP contribution is -2.73. The van der Waals surface area contributed by atoms with Crippen LogP contribution in [0.3, 0.4) is 0 Å². The van der Waals surface area contributed by atoms with Crippen LogP contribution in [0.25, 0.3) is 10.9 Å². The highest BCUT2D eigenvalue weighted by molar-refractivity contribution is 5.85. The summed E-state index contributed by atoms with van der Waals surface area (Å²) in [5.74, 6) is 0.840. The quantitative estimate of drug-likeness (QED) is 0.475. The van der Waals surface area contributed by atoms with Gasteiger partial charge in [-0.3, -0.25) is 10.3 Å². The predicted octanol–water partition coefficient (Wildman–Crippen LogP) is -0.802. The molecule has 0 atom stereocenters. The predicted molar refractivity (Wildman–Crippen MR) is 71.3 cm³/mol. The molecule has 0 saturated carbocycles. The molecule has 5 heteroatoms. The van der Waals surface area contributed by atoms with Gasteiger partial charge in [0.1, 0.15) is 0 Å². The second kappa shape index (κ2) is 4.83. The first-order chi connectivity index (χ1) is 8.92. The van der Waals surface area contributed by atoms with Crippen molar-refractivity contribution < 1.29 is 4.99 Å². The number of fused-ring (bicyclic) bond motifs is 1. The number of hydrogen-bond donors (Lipinski definition) is 3. The highest BCUT2D eigenvalue weighted by Gasteiger charge is 2.09. The average Bonchev–Trinajstić information content (AvgIpc) is 2.92. The molecule has 0 saturated heterocycles. The normalized spacial score (nSPS) is 14.8. The van der Waals surface area contributed by atoms with E-state index in [9.17, 15) is 0 Å². The smallest absolute Gasteiger partial charge is 0.273 e. The number of para-hydroxylation sites is 1. The van der Waals surface area contributed by atoms with E-state index in [1.54, 1.807) is 6.21 Å². The fraction of sp³-hybridized carbons (Fsp3) is 0.154. The highest BCUT2D eigenvalue weighted by atomic mass is 15.4. The van der Waals surface area contributed by atoms with Crippen molar-refractivity contribution in [1.82, 2.24) is 15.7 Å². The Morgan fingerprint density at radius 2 is 2.22 bits per heavy atom. The van der Waals surface area contributed by atoms with E-state index in [1.165, 1.54) is 0 Å². The van der Waals surface area contributed by atoms with E-state index >= 15 is 0 Å². The zero-order valence-corrected chi connectivity index (χ0v) is 9.85. The molecule has 0 spiro atoms. The maximum absolute atomic E-state index is 4.50. The Morgan fingerprint density at radius 1 is 1.28 bits per heavy atom. The highest BCUT2D eigenvalue weighted by Crippen LogP contribution is 2.10. The summed E-state index contributed by atoms with van der Waals surface area (Å²) in [7, 11) is 0. The molecule has 5 nitrogen and oxygen atoms in total. The summed E-state index contributed by atoms with van der Waals surface area (Å²) >= 11 is 0. The summed E-state index contributed by atoms with van der Waals surface area (Å²) in [5.41, 5.74) is 4.71. The number of guanidine groups is 1. The topological polar surface area (TPSA) is 63.3 Å². The lowest BCUT2D eigenvalue weighted by molar-refractivity contribution is -0.446. The molecule has 0 unspecified atom stereocenters. The Kier molecular flexibility index (Phi) is 2.87. The molecule has 18 heavy (non-hydrogen) atoms. The molecule has 2 aromatic rings. The number of nitrogens with one attached hydrogen (secondary N) is 3. The van der Waals surface area contributed by atoms with Gasteiger partial charge in [0.15, 0.2) is 0 Å². The van der Waals surface area contributed by atoms with Crippen molar-refractivity contribution in [3.63, 3.8) is 0 Å². The van der Waals surface area contributed by atoms with Crippen molar-refractivity contribution >= 4 is 23.1 Å².